The van der Waals surface area contributed by atoms with Crippen LogP contribution in [0.15, 0.2) is 30.6 Å². The van der Waals surface area contributed by atoms with E-state index in [2.05, 4.69) is 25.6 Å². The fourth-order valence-electron chi connectivity index (χ4n) is 2.82. The molecule has 1 aliphatic rings. The number of rotatable bonds is 4. The molecule has 1 aromatic carbocycles. The fourth-order valence-corrected chi connectivity index (χ4v) is 2.82. The first-order valence-electron chi connectivity index (χ1n) is 8.01. The summed E-state index contributed by atoms with van der Waals surface area (Å²) in [5.74, 6) is 0.109. The quantitative estimate of drug-likeness (QED) is 0.773. The molecule has 1 fully saturated rings. The van der Waals surface area contributed by atoms with Crippen LogP contribution in [0, 0.1) is 11.7 Å². The Labute approximate surface area is 142 Å². The Morgan fingerprint density at radius 1 is 1.28 bits per heavy atom. The number of halogens is 1. The molecule has 3 heterocycles. The molecule has 9 heteroatoms. The van der Waals surface area contributed by atoms with Gasteiger partial charge in [0.05, 0.1) is 5.92 Å². The lowest BCUT2D eigenvalue weighted by Gasteiger charge is -2.38. The second kappa shape index (κ2) is 6.08. The molecule has 1 saturated heterocycles. The van der Waals surface area contributed by atoms with Crippen molar-refractivity contribution < 1.29 is 9.18 Å². The summed E-state index contributed by atoms with van der Waals surface area (Å²) in [6, 6.07) is 5.72. The van der Waals surface area contributed by atoms with Gasteiger partial charge in [0.2, 0.25) is 5.91 Å². The molecule has 4 rings (SSSR count). The number of carbonyl (C=O) groups excluding carboxylic acids is 1. The van der Waals surface area contributed by atoms with Gasteiger partial charge in [-0.15, -0.1) is 5.10 Å². The third kappa shape index (κ3) is 2.77. The molecule has 1 aliphatic heterocycles. The highest BCUT2D eigenvalue weighted by molar-refractivity contribution is 5.95. The number of anilines is 2. The summed E-state index contributed by atoms with van der Waals surface area (Å²) in [5.41, 5.74) is 1.91. The van der Waals surface area contributed by atoms with E-state index in [1.165, 1.54) is 18.5 Å². The maximum Gasteiger partial charge on any atom is 0.231 e. The van der Waals surface area contributed by atoms with E-state index in [1.54, 1.807) is 16.8 Å². The monoisotopic (exact) mass is 341 g/mol. The SMILES string of the molecule is CCn1nnc2c(N3CC(C(=O)Nc4ccc(F)cc4)C3)ncnc21. The van der Waals surface area contributed by atoms with Crippen molar-refractivity contribution in [3.8, 4) is 0 Å². The first-order valence-corrected chi connectivity index (χ1v) is 8.01. The van der Waals surface area contributed by atoms with Gasteiger partial charge < -0.3 is 10.2 Å². The summed E-state index contributed by atoms with van der Waals surface area (Å²) in [4.78, 5) is 22.8. The van der Waals surface area contributed by atoms with Gasteiger partial charge in [0.1, 0.15) is 12.1 Å². The zero-order chi connectivity index (χ0) is 17.4. The van der Waals surface area contributed by atoms with Crippen molar-refractivity contribution in [1.29, 1.82) is 0 Å². The van der Waals surface area contributed by atoms with E-state index < -0.39 is 0 Å². The van der Waals surface area contributed by atoms with Crippen molar-refractivity contribution in [3.05, 3.63) is 36.4 Å². The lowest BCUT2D eigenvalue weighted by molar-refractivity contribution is -0.120. The standard InChI is InChI=1S/C16H16FN7O/c1-2-24-15-13(21-22-24)14(18-9-19-15)23-7-10(8-23)16(25)20-12-5-3-11(17)4-6-12/h3-6,9-10H,2,7-8H2,1H3,(H,20,25). The largest absolute Gasteiger partial charge is 0.353 e. The predicted molar refractivity (Wildman–Crippen MR) is 89.5 cm³/mol. The number of nitrogens with one attached hydrogen (secondary N) is 1. The summed E-state index contributed by atoms with van der Waals surface area (Å²) in [7, 11) is 0. The summed E-state index contributed by atoms with van der Waals surface area (Å²) in [6.07, 6.45) is 1.49. The van der Waals surface area contributed by atoms with Crippen molar-refractivity contribution in [2.24, 2.45) is 5.92 Å². The van der Waals surface area contributed by atoms with Crippen molar-refractivity contribution in [1.82, 2.24) is 25.0 Å². The zero-order valence-electron chi connectivity index (χ0n) is 13.6. The molecule has 3 aromatic rings. The van der Waals surface area contributed by atoms with Gasteiger partial charge in [-0.3, -0.25) is 4.79 Å². The molecule has 0 spiro atoms. The van der Waals surface area contributed by atoms with Gasteiger partial charge in [-0.2, -0.15) is 0 Å². The Morgan fingerprint density at radius 3 is 2.76 bits per heavy atom. The van der Waals surface area contributed by atoms with E-state index in [4.69, 9.17) is 0 Å². The Balaban J connectivity index is 1.44. The van der Waals surface area contributed by atoms with Gasteiger partial charge >= 0.3 is 0 Å². The first-order chi connectivity index (χ1) is 12.2. The third-order valence-electron chi connectivity index (χ3n) is 4.24. The van der Waals surface area contributed by atoms with Crippen molar-refractivity contribution >= 4 is 28.6 Å². The van der Waals surface area contributed by atoms with Gasteiger partial charge in [0.15, 0.2) is 17.0 Å². The number of aromatic nitrogens is 5. The predicted octanol–water partition coefficient (Wildman–Crippen LogP) is 1.46. The smallest absolute Gasteiger partial charge is 0.231 e. The number of nitrogens with zero attached hydrogens (tertiary/aromatic N) is 6. The lowest BCUT2D eigenvalue weighted by Crippen LogP contribution is -2.52. The molecule has 0 radical (unpaired) electrons. The van der Waals surface area contributed by atoms with E-state index >= 15 is 0 Å². The van der Waals surface area contributed by atoms with Crippen LogP contribution in [-0.4, -0.2) is 44.0 Å². The summed E-state index contributed by atoms with van der Waals surface area (Å²) in [6.45, 7) is 3.72. The number of carbonyl (C=O) groups is 1. The molecule has 0 unspecified atom stereocenters. The van der Waals surface area contributed by atoms with Gasteiger partial charge in [0.25, 0.3) is 0 Å². The van der Waals surface area contributed by atoms with Crippen LogP contribution in [0.3, 0.4) is 0 Å². The molecule has 25 heavy (non-hydrogen) atoms. The van der Waals surface area contributed by atoms with Crippen LogP contribution in [0.5, 0.6) is 0 Å². The lowest BCUT2D eigenvalue weighted by atomic mass is 9.99. The second-order valence-corrected chi connectivity index (χ2v) is 5.87. The van der Waals surface area contributed by atoms with Crippen molar-refractivity contribution in [2.75, 3.05) is 23.3 Å². The molecule has 0 saturated carbocycles. The zero-order valence-corrected chi connectivity index (χ0v) is 13.6. The topological polar surface area (TPSA) is 88.8 Å². The highest BCUT2D eigenvalue weighted by atomic mass is 19.1. The van der Waals surface area contributed by atoms with Gasteiger partial charge in [-0.25, -0.2) is 19.0 Å². The van der Waals surface area contributed by atoms with Crippen LogP contribution in [0.4, 0.5) is 15.9 Å². The molecule has 0 atom stereocenters. The minimum atomic E-state index is -0.333. The molecule has 128 valence electrons. The summed E-state index contributed by atoms with van der Waals surface area (Å²) < 4.78 is 14.6. The van der Waals surface area contributed by atoms with E-state index in [-0.39, 0.29) is 17.6 Å². The molecular weight excluding hydrogens is 325 g/mol. The van der Waals surface area contributed by atoms with E-state index in [0.717, 1.165) is 0 Å². The minimum absolute atomic E-state index is 0.0922. The molecular formula is C16H16FN7O. The summed E-state index contributed by atoms with van der Waals surface area (Å²) in [5, 5.41) is 11.0. The van der Waals surface area contributed by atoms with Crippen LogP contribution >= 0.6 is 0 Å². The number of benzene rings is 1. The van der Waals surface area contributed by atoms with Gasteiger partial charge in [-0.05, 0) is 31.2 Å². The van der Waals surface area contributed by atoms with Crippen LogP contribution in [0.2, 0.25) is 0 Å². The normalized spacial score (nSPS) is 14.6. The van der Waals surface area contributed by atoms with Crippen LogP contribution in [-0.2, 0) is 11.3 Å². The molecule has 2 aromatic heterocycles. The number of hydrogen-bond acceptors (Lipinski definition) is 6. The third-order valence-corrected chi connectivity index (χ3v) is 4.24. The molecule has 0 aliphatic carbocycles. The number of amides is 1. The first kappa shape index (κ1) is 15.4. The minimum Gasteiger partial charge on any atom is -0.353 e. The highest BCUT2D eigenvalue weighted by Gasteiger charge is 2.35. The molecule has 1 N–H and O–H groups in total. The van der Waals surface area contributed by atoms with Gasteiger partial charge in [-0.1, -0.05) is 5.21 Å². The van der Waals surface area contributed by atoms with E-state index in [9.17, 15) is 9.18 Å². The van der Waals surface area contributed by atoms with Crippen LogP contribution < -0.4 is 10.2 Å². The number of hydrogen-bond donors (Lipinski definition) is 1. The van der Waals surface area contributed by atoms with Crippen molar-refractivity contribution in [3.63, 3.8) is 0 Å². The summed E-state index contributed by atoms with van der Waals surface area (Å²) >= 11 is 0. The number of aryl methyl sites for hydroxylation is 1. The Hall–Kier alpha value is -3.10. The van der Waals surface area contributed by atoms with Crippen molar-refractivity contribution in [2.45, 2.75) is 13.5 Å². The van der Waals surface area contributed by atoms with Gasteiger partial charge in [0, 0.05) is 25.3 Å². The highest BCUT2D eigenvalue weighted by Crippen LogP contribution is 2.28. The average molecular weight is 341 g/mol. The average Bonchev–Trinajstić information content (AvgIpc) is 2.99. The molecule has 1 amide bonds. The number of fused-ring (bicyclic) bond motifs is 1. The maximum atomic E-state index is 12.9. The maximum absolute atomic E-state index is 12.9. The fraction of sp³-hybridized carbons (Fsp3) is 0.312. The van der Waals surface area contributed by atoms with E-state index in [1.807, 2.05) is 11.8 Å². The Kier molecular flexibility index (Phi) is 3.75. The Morgan fingerprint density at radius 2 is 2.04 bits per heavy atom. The molecule has 0 bridgehead atoms. The van der Waals surface area contributed by atoms with Crippen LogP contribution in [0.25, 0.3) is 11.2 Å². The second-order valence-electron chi connectivity index (χ2n) is 5.87. The molecule has 8 nitrogen and oxygen atoms in total. The van der Waals surface area contributed by atoms with E-state index in [0.29, 0.717) is 42.3 Å². The Bertz CT molecular complexity index is 918. The van der Waals surface area contributed by atoms with Crippen LogP contribution in [0.1, 0.15) is 6.92 Å².